The summed E-state index contributed by atoms with van der Waals surface area (Å²) in [7, 11) is 0. The van der Waals surface area contributed by atoms with Crippen molar-refractivity contribution >= 4 is 27.8 Å². The number of hydrogen-bond acceptors (Lipinski definition) is 1. The first-order chi connectivity index (χ1) is 30.5. The molecule has 0 bridgehead atoms. The number of fused-ring (bicyclic) bond motifs is 4. The van der Waals surface area contributed by atoms with Crippen molar-refractivity contribution in [2.75, 3.05) is 4.90 Å². The fraction of sp³-hybridized carbons (Fsp3) is 0.0492. The predicted molar refractivity (Wildman–Crippen MR) is 263 cm³/mol. The van der Waals surface area contributed by atoms with Crippen molar-refractivity contribution in [2.24, 2.45) is 0 Å². The van der Waals surface area contributed by atoms with E-state index in [4.69, 9.17) is 0 Å². The molecule has 1 nitrogen and oxygen atoms in total. The van der Waals surface area contributed by atoms with E-state index in [2.05, 4.69) is 255 Å². The molecule has 10 aromatic rings. The van der Waals surface area contributed by atoms with Gasteiger partial charge in [-0.3, -0.25) is 0 Å². The number of nitrogens with zero attached hydrogens (tertiary/aromatic N) is 1. The second-order valence-electron chi connectivity index (χ2n) is 16.9. The van der Waals surface area contributed by atoms with Crippen LogP contribution in [0.25, 0.3) is 77.5 Å². The molecular weight excluding hydrogens is 747 g/mol. The van der Waals surface area contributed by atoms with E-state index in [9.17, 15) is 0 Å². The van der Waals surface area contributed by atoms with Crippen LogP contribution >= 0.6 is 0 Å². The van der Waals surface area contributed by atoms with Crippen LogP contribution in [0.15, 0.2) is 237 Å². The van der Waals surface area contributed by atoms with Crippen LogP contribution in [0, 0.1) is 0 Å². The van der Waals surface area contributed by atoms with E-state index in [1.807, 2.05) is 0 Å². The molecule has 1 aliphatic carbocycles. The molecule has 0 saturated carbocycles. The van der Waals surface area contributed by atoms with E-state index in [0.717, 1.165) is 17.1 Å². The topological polar surface area (TPSA) is 3.24 Å². The first-order valence-electron chi connectivity index (χ1n) is 21.6. The van der Waals surface area contributed by atoms with Gasteiger partial charge in [-0.1, -0.05) is 214 Å². The maximum Gasteiger partial charge on any atom is 0.0546 e. The zero-order valence-corrected chi connectivity index (χ0v) is 35.0. The Morgan fingerprint density at radius 2 is 0.790 bits per heavy atom. The minimum Gasteiger partial charge on any atom is -0.310 e. The number of rotatable bonds is 8. The Balaban J connectivity index is 1.14. The van der Waals surface area contributed by atoms with Gasteiger partial charge in [0.05, 0.1) is 5.69 Å². The summed E-state index contributed by atoms with van der Waals surface area (Å²) in [5.74, 6) is 0. The average molecular weight is 792 g/mol. The molecular formula is C61H45N. The SMILES string of the molecule is CC1(C)c2cc(-c3ccccc3)ccc2-c2ccc(N(c3ccc(-c4cccc5ccccc45)cc3)c3cccc(-c4ccccc4)c3-c3ccccc3-c3ccccc3)cc21. The predicted octanol–water partition coefficient (Wildman–Crippen LogP) is 17.0. The van der Waals surface area contributed by atoms with Crippen molar-refractivity contribution in [3.63, 3.8) is 0 Å². The Morgan fingerprint density at radius 3 is 1.52 bits per heavy atom. The molecule has 0 heterocycles. The molecule has 0 aromatic heterocycles. The van der Waals surface area contributed by atoms with Crippen LogP contribution in [0.5, 0.6) is 0 Å². The summed E-state index contributed by atoms with van der Waals surface area (Å²) in [6.45, 7) is 4.77. The van der Waals surface area contributed by atoms with Crippen LogP contribution in [0.4, 0.5) is 17.1 Å². The maximum absolute atomic E-state index is 2.49. The quantitative estimate of drug-likeness (QED) is 0.148. The largest absolute Gasteiger partial charge is 0.310 e. The Labute approximate surface area is 364 Å². The Hall–Kier alpha value is -7.74. The average Bonchev–Trinajstić information content (AvgIpc) is 3.57. The van der Waals surface area contributed by atoms with E-state index in [1.54, 1.807) is 0 Å². The zero-order chi connectivity index (χ0) is 41.6. The minimum absolute atomic E-state index is 0.218. The number of benzene rings is 10. The van der Waals surface area contributed by atoms with Crippen LogP contribution in [0.1, 0.15) is 25.0 Å². The summed E-state index contributed by atoms with van der Waals surface area (Å²) >= 11 is 0. The second kappa shape index (κ2) is 15.4. The van der Waals surface area contributed by atoms with Crippen LogP contribution in [-0.4, -0.2) is 0 Å². The normalized spacial score (nSPS) is 12.5. The van der Waals surface area contributed by atoms with Crippen LogP contribution in [0.2, 0.25) is 0 Å². The molecule has 0 amide bonds. The zero-order valence-electron chi connectivity index (χ0n) is 35.0. The van der Waals surface area contributed by atoms with Gasteiger partial charge in [-0.2, -0.15) is 0 Å². The van der Waals surface area contributed by atoms with Gasteiger partial charge in [0, 0.05) is 22.4 Å². The highest BCUT2D eigenvalue weighted by atomic mass is 15.1. The fourth-order valence-electron chi connectivity index (χ4n) is 9.81. The smallest absolute Gasteiger partial charge is 0.0546 e. The Bertz CT molecular complexity index is 3230. The van der Waals surface area contributed by atoms with Gasteiger partial charge in [-0.25, -0.2) is 0 Å². The van der Waals surface area contributed by atoms with Gasteiger partial charge >= 0.3 is 0 Å². The molecule has 0 fully saturated rings. The maximum atomic E-state index is 2.49. The van der Waals surface area contributed by atoms with Crippen molar-refractivity contribution in [1.29, 1.82) is 0 Å². The van der Waals surface area contributed by atoms with E-state index in [1.165, 1.54) is 88.7 Å². The van der Waals surface area contributed by atoms with E-state index in [0.29, 0.717) is 0 Å². The van der Waals surface area contributed by atoms with Crippen molar-refractivity contribution in [2.45, 2.75) is 19.3 Å². The van der Waals surface area contributed by atoms with Crippen LogP contribution < -0.4 is 4.90 Å². The van der Waals surface area contributed by atoms with Gasteiger partial charge in [0.1, 0.15) is 0 Å². The molecule has 0 saturated heterocycles. The second-order valence-corrected chi connectivity index (χ2v) is 16.9. The van der Waals surface area contributed by atoms with E-state index < -0.39 is 0 Å². The summed E-state index contributed by atoms with van der Waals surface area (Å²) in [6, 6.07) is 86.7. The molecule has 10 aromatic carbocycles. The fourth-order valence-corrected chi connectivity index (χ4v) is 9.81. The standard InChI is InChI=1S/C61H45N/c1-61(2)57-40-47(42-18-6-3-7-19-42)34-38-54(57)55-39-37-49(41-58(55)61)62(48-35-32-46(33-36-48)51-29-16-25-44-24-12-13-26-50(44)51)59-31-17-30-53(45-22-10-5-11-23-45)60(59)56-28-15-14-27-52(56)43-20-8-4-9-21-43/h3-41H,1-2H3. The summed E-state index contributed by atoms with van der Waals surface area (Å²) in [4.78, 5) is 2.49. The van der Waals surface area contributed by atoms with E-state index in [-0.39, 0.29) is 5.41 Å². The lowest BCUT2D eigenvalue weighted by atomic mass is 9.81. The highest BCUT2D eigenvalue weighted by Crippen LogP contribution is 2.53. The molecule has 0 N–H and O–H groups in total. The lowest BCUT2D eigenvalue weighted by Gasteiger charge is -2.31. The summed E-state index contributed by atoms with van der Waals surface area (Å²) in [6.07, 6.45) is 0. The number of hydrogen-bond donors (Lipinski definition) is 0. The van der Waals surface area contributed by atoms with Gasteiger partial charge in [-0.15, -0.1) is 0 Å². The lowest BCUT2D eigenvalue weighted by Crippen LogP contribution is -2.17. The third kappa shape index (κ3) is 6.42. The van der Waals surface area contributed by atoms with Crippen LogP contribution in [0.3, 0.4) is 0 Å². The van der Waals surface area contributed by atoms with Gasteiger partial charge in [0.25, 0.3) is 0 Å². The highest BCUT2D eigenvalue weighted by Gasteiger charge is 2.36. The molecule has 0 aliphatic heterocycles. The first-order valence-corrected chi connectivity index (χ1v) is 21.6. The molecule has 0 radical (unpaired) electrons. The summed E-state index contributed by atoms with van der Waals surface area (Å²) in [5.41, 5.74) is 20.5. The van der Waals surface area contributed by atoms with E-state index >= 15 is 0 Å². The Kier molecular flexibility index (Phi) is 9.24. The lowest BCUT2D eigenvalue weighted by molar-refractivity contribution is 0.660. The first kappa shape index (κ1) is 37.3. The molecule has 0 unspecified atom stereocenters. The molecule has 11 rings (SSSR count). The summed E-state index contributed by atoms with van der Waals surface area (Å²) in [5, 5.41) is 2.50. The highest BCUT2D eigenvalue weighted by molar-refractivity contribution is 6.02. The van der Waals surface area contributed by atoms with Crippen molar-refractivity contribution < 1.29 is 0 Å². The summed E-state index contributed by atoms with van der Waals surface area (Å²) < 4.78 is 0. The molecule has 0 spiro atoms. The Morgan fingerprint density at radius 1 is 0.306 bits per heavy atom. The third-order valence-corrected chi connectivity index (χ3v) is 12.9. The number of anilines is 3. The van der Waals surface area contributed by atoms with Gasteiger partial charge in [-0.05, 0) is 119 Å². The molecule has 1 aliphatic rings. The monoisotopic (exact) mass is 791 g/mol. The van der Waals surface area contributed by atoms with Gasteiger partial charge in [0.2, 0.25) is 0 Å². The van der Waals surface area contributed by atoms with Gasteiger partial charge < -0.3 is 4.90 Å². The molecule has 0 atom stereocenters. The van der Waals surface area contributed by atoms with Gasteiger partial charge in [0.15, 0.2) is 0 Å². The minimum atomic E-state index is -0.218. The van der Waals surface area contributed by atoms with Crippen molar-refractivity contribution in [1.82, 2.24) is 0 Å². The van der Waals surface area contributed by atoms with Crippen molar-refractivity contribution in [3.8, 4) is 66.8 Å². The van der Waals surface area contributed by atoms with Crippen LogP contribution in [-0.2, 0) is 5.41 Å². The third-order valence-electron chi connectivity index (χ3n) is 12.9. The molecule has 62 heavy (non-hydrogen) atoms. The molecule has 294 valence electrons. The molecule has 1 heteroatoms. The van der Waals surface area contributed by atoms with Crippen molar-refractivity contribution in [3.05, 3.63) is 248 Å².